The van der Waals surface area contributed by atoms with Crippen molar-refractivity contribution in [1.82, 2.24) is 4.90 Å². The Labute approximate surface area is 393 Å². The predicted octanol–water partition coefficient (Wildman–Crippen LogP) is 7.99. The Kier molecular flexibility index (Phi) is 16.1. The molecule has 0 radical (unpaired) electrons. The molecule has 2 heterocycles. The second-order valence-electron chi connectivity index (χ2n) is 15.4. The van der Waals surface area contributed by atoms with Crippen molar-refractivity contribution in [3.05, 3.63) is 197 Å². The van der Waals surface area contributed by atoms with Crippen molar-refractivity contribution in [3.8, 4) is 11.5 Å². The molecule has 5 aromatic rings. The zero-order valence-electron chi connectivity index (χ0n) is 36.8. The lowest BCUT2D eigenvalue weighted by Crippen LogP contribution is -2.68. The summed E-state index contributed by atoms with van der Waals surface area (Å²) in [6.07, 6.45) is -7.82. The summed E-state index contributed by atoms with van der Waals surface area (Å²) in [5, 5.41) is 10.9. The van der Waals surface area contributed by atoms with Gasteiger partial charge in [0.05, 0.1) is 57.1 Å². The zero-order chi connectivity index (χ0) is 48.7. The van der Waals surface area contributed by atoms with Gasteiger partial charge in [0.2, 0.25) is 6.29 Å². The standard InChI is InChI=1S/C48H42N10O11/c1-64-35-18-20-36(21-19-35)66-48-43(58-46(62)37-16-8-9-17-38(37)47(58)63)45(69-42(61)24-31-12-4-7-15-34(31)27-54-57-51)44(68-41(60)23-30-11-3-6-14-33(30)26-53-56-50)39(67-48)28-65-40(59)22-29-10-2-5-13-32(29)25-52-55-49/h2-21,39,43-45,48H,22-28H2,1H3/t39-,43-,44-,45-,48-/m1/s1. The lowest BCUT2D eigenvalue weighted by Gasteiger charge is -2.47. The molecule has 2 amide bonds. The highest BCUT2D eigenvalue weighted by Gasteiger charge is 2.58. The Morgan fingerprint density at radius 3 is 1.42 bits per heavy atom. The van der Waals surface area contributed by atoms with Crippen LogP contribution in [-0.4, -0.2) is 79.0 Å². The molecule has 1 saturated heterocycles. The maximum Gasteiger partial charge on any atom is 0.310 e. The Morgan fingerprint density at radius 2 is 0.971 bits per heavy atom. The van der Waals surface area contributed by atoms with E-state index >= 15 is 0 Å². The molecular formula is C48H42N10O11. The van der Waals surface area contributed by atoms with Crippen LogP contribution in [0.15, 0.2) is 137 Å². The molecule has 0 unspecified atom stereocenters. The number of methoxy groups -OCH3 is 1. The molecule has 0 bridgehead atoms. The summed E-state index contributed by atoms with van der Waals surface area (Å²) in [5.74, 6) is -3.58. The maximum absolute atomic E-state index is 14.5. The number of benzene rings is 5. The number of nitrogens with zero attached hydrogens (tertiary/aromatic N) is 10. The molecule has 0 saturated carbocycles. The summed E-state index contributed by atoms with van der Waals surface area (Å²) in [6.45, 7) is -0.881. The highest BCUT2D eigenvalue weighted by molar-refractivity contribution is 6.21. The van der Waals surface area contributed by atoms with Gasteiger partial charge in [0, 0.05) is 14.7 Å². The summed E-state index contributed by atoms with van der Waals surface area (Å²) in [4.78, 5) is 80.7. The number of rotatable bonds is 20. The molecule has 69 heavy (non-hydrogen) atoms. The quantitative estimate of drug-likeness (QED) is 0.0180. The van der Waals surface area contributed by atoms with Crippen molar-refractivity contribution < 1.29 is 52.4 Å². The van der Waals surface area contributed by atoms with E-state index in [0.29, 0.717) is 39.1 Å². The first kappa shape index (κ1) is 48.1. The van der Waals surface area contributed by atoms with E-state index in [1.807, 2.05) is 0 Å². The van der Waals surface area contributed by atoms with Crippen molar-refractivity contribution in [3.63, 3.8) is 0 Å². The fourth-order valence-electron chi connectivity index (χ4n) is 7.99. The van der Waals surface area contributed by atoms with Crippen molar-refractivity contribution in [2.45, 2.75) is 69.5 Å². The van der Waals surface area contributed by atoms with Crippen LogP contribution in [-0.2, 0) is 72.2 Å². The van der Waals surface area contributed by atoms with Gasteiger partial charge >= 0.3 is 17.9 Å². The average molecular weight is 935 g/mol. The minimum absolute atomic E-state index is 0.0322. The van der Waals surface area contributed by atoms with E-state index in [1.54, 1.807) is 97.1 Å². The molecule has 0 N–H and O–H groups in total. The molecule has 5 atom stereocenters. The van der Waals surface area contributed by atoms with Gasteiger partial charge in [-0.2, -0.15) is 0 Å². The van der Waals surface area contributed by atoms with E-state index in [4.69, 9.17) is 45.0 Å². The normalized spacial score (nSPS) is 18.0. The van der Waals surface area contributed by atoms with Gasteiger partial charge in [0.25, 0.3) is 11.8 Å². The van der Waals surface area contributed by atoms with Crippen LogP contribution in [0.25, 0.3) is 31.3 Å². The van der Waals surface area contributed by atoms with Gasteiger partial charge in [0.1, 0.15) is 30.3 Å². The van der Waals surface area contributed by atoms with Crippen LogP contribution >= 0.6 is 0 Å². The third kappa shape index (κ3) is 11.8. The molecule has 21 heteroatoms. The van der Waals surface area contributed by atoms with Crippen LogP contribution in [0, 0.1) is 0 Å². The van der Waals surface area contributed by atoms with Gasteiger partial charge in [-0.3, -0.25) is 28.9 Å². The van der Waals surface area contributed by atoms with Gasteiger partial charge in [-0.25, -0.2) is 0 Å². The smallest absolute Gasteiger partial charge is 0.310 e. The third-order valence-electron chi connectivity index (χ3n) is 11.3. The van der Waals surface area contributed by atoms with E-state index in [0.717, 1.165) is 4.90 Å². The van der Waals surface area contributed by atoms with E-state index in [2.05, 4.69) is 30.1 Å². The predicted molar refractivity (Wildman–Crippen MR) is 243 cm³/mol. The molecule has 1 fully saturated rings. The minimum Gasteiger partial charge on any atom is -0.497 e. The molecule has 2 aliphatic heterocycles. The number of hydrogen-bond donors (Lipinski definition) is 0. The summed E-state index contributed by atoms with van der Waals surface area (Å²) < 4.78 is 36.7. The molecule has 7 rings (SSSR count). The van der Waals surface area contributed by atoms with Gasteiger partial charge in [-0.1, -0.05) is 100 Å². The average Bonchev–Trinajstić information content (AvgIpc) is 3.61. The molecule has 0 aromatic heterocycles. The Balaban J connectivity index is 1.32. The zero-order valence-corrected chi connectivity index (χ0v) is 36.8. The van der Waals surface area contributed by atoms with Crippen LogP contribution in [0.2, 0.25) is 0 Å². The minimum atomic E-state index is -1.78. The first-order valence-electron chi connectivity index (χ1n) is 21.3. The van der Waals surface area contributed by atoms with Crippen LogP contribution in [0.1, 0.15) is 54.1 Å². The van der Waals surface area contributed by atoms with E-state index in [-0.39, 0.29) is 42.9 Å². The van der Waals surface area contributed by atoms with Gasteiger partial charge in [-0.05, 0) is 86.4 Å². The molecule has 21 nitrogen and oxygen atoms in total. The van der Waals surface area contributed by atoms with Crippen LogP contribution in [0.4, 0.5) is 0 Å². The SMILES string of the molecule is COc1ccc(O[C@@H]2O[C@H](COC(=O)Cc3ccccc3CN=[N+]=[N-])[C@@H](OC(=O)Cc3ccccc3CN=[N+]=[N-])[C@H](OC(=O)Cc3ccccc3CN=[N+]=[N-])[C@H]2N2C(=O)c3ccccc3C2=O)cc1. The first-order chi connectivity index (χ1) is 33.6. The van der Waals surface area contributed by atoms with Gasteiger partial charge in [-0.15, -0.1) is 0 Å². The topological polar surface area (TPSA) is 290 Å². The summed E-state index contributed by atoms with van der Waals surface area (Å²) >= 11 is 0. The van der Waals surface area contributed by atoms with Crippen LogP contribution in [0.5, 0.6) is 11.5 Å². The van der Waals surface area contributed by atoms with Crippen LogP contribution in [0.3, 0.4) is 0 Å². The number of azide groups is 3. The molecule has 2 aliphatic rings. The number of carbonyl (C=O) groups excluding carboxylic acids is 5. The van der Waals surface area contributed by atoms with Crippen molar-refractivity contribution >= 4 is 29.7 Å². The van der Waals surface area contributed by atoms with Crippen molar-refractivity contribution in [2.24, 2.45) is 15.3 Å². The fraction of sp³-hybridized carbons (Fsp3) is 0.271. The van der Waals surface area contributed by atoms with E-state index in [9.17, 15) is 24.0 Å². The highest BCUT2D eigenvalue weighted by atomic mass is 16.7. The van der Waals surface area contributed by atoms with E-state index < -0.39 is 79.8 Å². The molecule has 0 aliphatic carbocycles. The number of fused-ring (bicyclic) bond motifs is 1. The van der Waals surface area contributed by atoms with Crippen molar-refractivity contribution in [1.29, 1.82) is 0 Å². The summed E-state index contributed by atoms with van der Waals surface area (Å²) in [7, 11) is 1.47. The van der Waals surface area contributed by atoms with E-state index in [1.165, 1.54) is 31.4 Å². The third-order valence-corrected chi connectivity index (χ3v) is 11.3. The number of imide groups is 1. The lowest BCUT2D eigenvalue weighted by molar-refractivity contribution is -0.266. The number of esters is 3. The Bertz CT molecular complexity index is 2840. The molecule has 0 spiro atoms. The van der Waals surface area contributed by atoms with Gasteiger partial charge in [0.15, 0.2) is 12.2 Å². The lowest BCUT2D eigenvalue weighted by atomic mass is 9.94. The van der Waals surface area contributed by atoms with Crippen molar-refractivity contribution in [2.75, 3.05) is 13.7 Å². The molecule has 5 aromatic carbocycles. The number of carbonyl (C=O) groups is 5. The highest BCUT2D eigenvalue weighted by Crippen LogP contribution is 2.37. The fourth-order valence-corrected chi connectivity index (χ4v) is 7.99. The monoisotopic (exact) mass is 934 g/mol. The summed E-state index contributed by atoms with van der Waals surface area (Å²) in [5.41, 5.74) is 30.0. The maximum atomic E-state index is 14.5. The Morgan fingerprint density at radius 1 is 0.565 bits per heavy atom. The van der Waals surface area contributed by atoms with Gasteiger partial charge < -0.3 is 28.4 Å². The first-order valence-corrected chi connectivity index (χ1v) is 21.3. The Hall–Kier alpha value is -8.86. The number of hydrogen-bond acceptors (Lipinski definition) is 14. The molecular weight excluding hydrogens is 893 g/mol. The summed E-state index contributed by atoms with van der Waals surface area (Å²) in [6, 6.07) is 30.7. The number of amides is 2. The second kappa shape index (κ2) is 23.0. The number of ether oxygens (including phenoxy) is 6. The van der Waals surface area contributed by atoms with Crippen LogP contribution < -0.4 is 9.47 Å². The largest absolute Gasteiger partial charge is 0.497 e. The molecule has 350 valence electrons. The second-order valence-corrected chi connectivity index (χ2v) is 15.4.